The maximum atomic E-state index is 11.9. The number of H-pyrrole nitrogens is 1. The first-order valence-electron chi connectivity index (χ1n) is 3.63. The lowest BCUT2D eigenvalue weighted by Crippen LogP contribution is -2.29. The molecular weight excluding hydrogens is 253 g/mol. The monoisotopic (exact) mass is 258 g/mol. The number of rotatable bonds is 2. The van der Waals surface area contributed by atoms with Crippen molar-refractivity contribution in [2.45, 2.75) is 5.51 Å². The van der Waals surface area contributed by atoms with Crippen molar-refractivity contribution in [3.8, 4) is 5.88 Å². The highest BCUT2D eigenvalue weighted by Gasteiger charge is 2.48. The lowest BCUT2D eigenvalue weighted by atomic mass is 10.4. The lowest BCUT2D eigenvalue weighted by molar-refractivity contribution is -0.0501. The number of pyridine rings is 1. The Bertz CT molecular complexity index is 548. The van der Waals surface area contributed by atoms with Crippen LogP contribution in [0.2, 0.25) is 0 Å². The molecule has 0 atom stereocenters. The van der Waals surface area contributed by atoms with Gasteiger partial charge in [0.2, 0.25) is 5.88 Å². The summed E-state index contributed by atoms with van der Waals surface area (Å²) in [5, 5.41) is 0. The lowest BCUT2D eigenvalue weighted by Gasteiger charge is -2.08. The summed E-state index contributed by atoms with van der Waals surface area (Å²) in [6.45, 7) is 0. The van der Waals surface area contributed by atoms with Crippen molar-refractivity contribution in [1.82, 2.24) is 4.98 Å². The third kappa shape index (κ3) is 2.45. The Morgan fingerprint density at radius 1 is 1.31 bits per heavy atom. The van der Waals surface area contributed by atoms with Crippen molar-refractivity contribution in [1.29, 1.82) is 0 Å². The predicted molar refractivity (Wildman–Crippen MR) is 47.1 cm³/mol. The van der Waals surface area contributed by atoms with Gasteiger partial charge in [-0.25, -0.2) is 0 Å². The largest absolute Gasteiger partial charge is 0.534 e. The predicted octanol–water partition coefficient (Wildman–Crippen LogP) is 0.186. The summed E-state index contributed by atoms with van der Waals surface area (Å²) in [4.78, 5) is 12.6. The Labute approximate surface area is 87.0 Å². The average Bonchev–Trinajstić information content (AvgIpc) is 2.09. The quantitative estimate of drug-likeness (QED) is 0.582. The van der Waals surface area contributed by atoms with Crippen LogP contribution >= 0.6 is 0 Å². The number of aromatic amines is 1. The Morgan fingerprint density at radius 2 is 1.88 bits per heavy atom. The van der Waals surface area contributed by atoms with Crippen molar-refractivity contribution in [3.63, 3.8) is 0 Å². The molecule has 0 unspecified atom stereocenters. The van der Waals surface area contributed by atoms with Crippen LogP contribution in [-0.2, 0) is 10.1 Å². The minimum Gasteiger partial charge on any atom is -0.394 e. The molecular formula is C6H5F3N2O4S. The molecule has 0 bridgehead atoms. The van der Waals surface area contributed by atoms with Crippen LogP contribution in [0.1, 0.15) is 0 Å². The van der Waals surface area contributed by atoms with Crippen LogP contribution < -0.4 is 15.5 Å². The summed E-state index contributed by atoms with van der Waals surface area (Å²) in [5.41, 5.74) is -1.73. The van der Waals surface area contributed by atoms with Gasteiger partial charge < -0.3 is 9.92 Å². The molecule has 1 rings (SSSR count). The smallest absolute Gasteiger partial charge is 0.394 e. The van der Waals surface area contributed by atoms with Crippen LogP contribution in [0.5, 0.6) is 5.88 Å². The summed E-state index contributed by atoms with van der Waals surface area (Å²) in [6, 6.07) is 1.71. The molecule has 1 aromatic rings. The zero-order valence-corrected chi connectivity index (χ0v) is 8.22. The second-order valence-electron chi connectivity index (χ2n) is 2.59. The Balaban J connectivity index is 3.08. The minimum absolute atomic E-state index is 0.281. The molecule has 0 saturated carbocycles. The average molecular weight is 258 g/mol. The summed E-state index contributed by atoms with van der Waals surface area (Å²) in [7, 11) is -5.79. The van der Waals surface area contributed by atoms with E-state index in [1.807, 2.05) is 0 Å². The van der Waals surface area contributed by atoms with E-state index >= 15 is 0 Å². The number of aromatic nitrogens is 1. The van der Waals surface area contributed by atoms with Crippen molar-refractivity contribution in [3.05, 3.63) is 22.5 Å². The van der Waals surface area contributed by atoms with Gasteiger partial charge in [0, 0.05) is 6.07 Å². The molecule has 0 fully saturated rings. The fraction of sp³-hybridized carbons (Fsp3) is 0.167. The molecule has 0 saturated heterocycles. The van der Waals surface area contributed by atoms with Gasteiger partial charge >= 0.3 is 15.6 Å². The molecule has 6 nitrogen and oxygen atoms in total. The first-order chi connectivity index (χ1) is 7.13. The van der Waals surface area contributed by atoms with E-state index in [2.05, 4.69) is 4.18 Å². The van der Waals surface area contributed by atoms with E-state index in [1.54, 1.807) is 4.98 Å². The van der Waals surface area contributed by atoms with Gasteiger partial charge in [0.25, 0.3) is 5.56 Å². The number of alkyl halides is 3. The Hall–Kier alpha value is -1.71. The van der Waals surface area contributed by atoms with Gasteiger partial charge in [-0.05, 0) is 6.07 Å². The number of anilines is 1. The molecule has 1 heterocycles. The van der Waals surface area contributed by atoms with Crippen LogP contribution in [0.15, 0.2) is 16.9 Å². The zero-order valence-electron chi connectivity index (χ0n) is 7.41. The van der Waals surface area contributed by atoms with Crippen molar-refractivity contribution >= 4 is 15.8 Å². The van der Waals surface area contributed by atoms with E-state index in [1.165, 1.54) is 0 Å². The molecule has 0 aliphatic heterocycles. The van der Waals surface area contributed by atoms with Crippen LogP contribution in [0.25, 0.3) is 0 Å². The molecule has 10 heteroatoms. The van der Waals surface area contributed by atoms with Gasteiger partial charge in [-0.3, -0.25) is 9.78 Å². The second kappa shape index (κ2) is 3.70. The third-order valence-electron chi connectivity index (χ3n) is 1.40. The topological polar surface area (TPSA) is 102 Å². The molecule has 0 aliphatic rings. The summed E-state index contributed by atoms with van der Waals surface area (Å²) in [6.07, 6.45) is 0. The number of hydrogen-bond acceptors (Lipinski definition) is 5. The van der Waals surface area contributed by atoms with Gasteiger partial charge in [-0.15, -0.1) is 0 Å². The summed E-state index contributed by atoms with van der Waals surface area (Å²) in [5.74, 6) is -0.864. The highest BCUT2D eigenvalue weighted by molar-refractivity contribution is 7.87. The SMILES string of the molecule is Nc1ccc(OS(=O)(=O)C(F)(F)F)[nH]c1=O. The highest BCUT2D eigenvalue weighted by atomic mass is 32.2. The van der Waals surface area contributed by atoms with Crippen LogP contribution in [-0.4, -0.2) is 18.9 Å². The number of nitrogens with one attached hydrogen (secondary N) is 1. The van der Waals surface area contributed by atoms with Gasteiger partial charge in [-0.1, -0.05) is 0 Å². The minimum atomic E-state index is -5.79. The molecule has 16 heavy (non-hydrogen) atoms. The van der Waals surface area contributed by atoms with Crippen LogP contribution in [0, 0.1) is 0 Å². The zero-order chi connectivity index (χ0) is 12.6. The maximum absolute atomic E-state index is 11.9. The Morgan fingerprint density at radius 3 is 2.31 bits per heavy atom. The standard InChI is InChI=1S/C6H5F3N2O4S/c7-6(8,9)16(13,14)15-4-2-1-3(10)5(12)11-4/h1-2H,10H2,(H,11,12). The second-order valence-corrected chi connectivity index (χ2v) is 4.13. The normalized spacial score (nSPS) is 12.4. The van der Waals surface area contributed by atoms with Gasteiger partial charge in [0.1, 0.15) is 0 Å². The van der Waals surface area contributed by atoms with E-state index < -0.39 is 27.1 Å². The first-order valence-corrected chi connectivity index (χ1v) is 5.04. The van der Waals surface area contributed by atoms with Crippen molar-refractivity contribution in [2.24, 2.45) is 0 Å². The van der Waals surface area contributed by atoms with Crippen molar-refractivity contribution in [2.75, 3.05) is 5.73 Å². The Kier molecular flexibility index (Phi) is 2.86. The summed E-state index contributed by atoms with van der Waals surface area (Å²) < 4.78 is 60.3. The fourth-order valence-corrected chi connectivity index (χ4v) is 1.11. The molecule has 0 aliphatic carbocycles. The maximum Gasteiger partial charge on any atom is 0.534 e. The van der Waals surface area contributed by atoms with Gasteiger partial charge in [-0.2, -0.15) is 21.6 Å². The first kappa shape index (κ1) is 12.4. The number of nitrogens with two attached hydrogens (primary N) is 1. The van der Waals surface area contributed by atoms with E-state index in [9.17, 15) is 26.4 Å². The van der Waals surface area contributed by atoms with E-state index in [4.69, 9.17) is 5.73 Å². The van der Waals surface area contributed by atoms with Crippen molar-refractivity contribution < 1.29 is 25.8 Å². The van der Waals surface area contributed by atoms with E-state index in [-0.39, 0.29) is 5.69 Å². The molecule has 0 amide bonds. The molecule has 3 N–H and O–H groups in total. The molecule has 90 valence electrons. The third-order valence-corrected chi connectivity index (χ3v) is 2.36. The number of halogens is 3. The highest BCUT2D eigenvalue weighted by Crippen LogP contribution is 2.25. The number of nitrogen functional groups attached to an aromatic ring is 1. The van der Waals surface area contributed by atoms with E-state index in [0.29, 0.717) is 0 Å². The molecule has 1 aromatic heterocycles. The molecule has 0 aromatic carbocycles. The molecule has 0 spiro atoms. The fourth-order valence-electron chi connectivity index (χ4n) is 0.681. The van der Waals surface area contributed by atoms with E-state index in [0.717, 1.165) is 12.1 Å². The number of hydrogen-bond donors (Lipinski definition) is 2. The van der Waals surface area contributed by atoms with Gasteiger partial charge in [0.05, 0.1) is 5.69 Å². The van der Waals surface area contributed by atoms with Crippen LogP contribution in [0.4, 0.5) is 18.9 Å². The molecule has 0 radical (unpaired) electrons. The summed E-state index contributed by atoms with van der Waals surface area (Å²) >= 11 is 0. The van der Waals surface area contributed by atoms with Crippen LogP contribution in [0.3, 0.4) is 0 Å². The van der Waals surface area contributed by atoms with Gasteiger partial charge in [0.15, 0.2) is 0 Å².